The van der Waals surface area contributed by atoms with Crippen LogP contribution in [0.2, 0.25) is 10.2 Å². The van der Waals surface area contributed by atoms with Crippen molar-refractivity contribution >= 4 is 33.2 Å². The van der Waals surface area contributed by atoms with Crippen molar-refractivity contribution in [3.63, 3.8) is 0 Å². The van der Waals surface area contributed by atoms with Gasteiger partial charge in [-0.25, -0.2) is 13.4 Å². The number of aliphatic hydroxyl groups is 1. The number of hydrogen-bond donors (Lipinski definition) is 1. The maximum absolute atomic E-state index is 12.6. The van der Waals surface area contributed by atoms with Crippen LogP contribution >= 0.6 is 23.2 Å². The molecule has 1 aliphatic rings. The summed E-state index contributed by atoms with van der Waals surface area (Å²) < 4.78 is 32.2. The third-order valence-corrected chi connectivity index (χ3v) is 5.53. The van der Waals surface area contributed by atoms with E-state index < -0.39 is 21.7 Å². The van der Waals surface area contributed by atoms with Gasteiger partial charge in [0.05, 0.1) is 23.3 Å². The number of morpholine rings is 1. The monoisotopic (exact) mass is 354 g/mol. The van der Waals surface area contributed by atoms with Crippen LogP contribution < -0.4 is 0 Å². The second kappa shape index (κ2) is 5.98. The van der Waals surface area contributed by atoms with Gasteiger partial charge in [0, 0.05) is 19.3 Å². The highest BCUT2D eigenvalue weighted by Gasteiger charge is 2.39. The number of sulfonamides is 1. The van der Waals surface area contributed by atoms with Crippen LogP contribution in [-0.2, 0) is 14.8 Å². The molecule has 6 nitrogen and oxygen atoms in total. The molecule has 9 heteroatoms. The molecule has 1 aromatic heterocycles. The molecule has 2 heterocycles. The van der Waals surface area contributed by atoms with Crippen LogP contribution in [0.5, 0.6) is 0 Å². The molecule has 1 aliphatic heterocycles. The minimum atomic E-state index is -3.78. The quantitative estimate of drug-likeness (QED) is 0.833. The summed E-state index contributed by atoms with van der Waals surface area (Å²) in [5, 5.41) is 9.38. The molecule has 0 saturated carbocycles. The highest BCUT2D eigenvalue weighted by atomic mass is 35.5. The number of hydrogen-bond acceptors (Lipinski definition) is 5. The number of halogens is 2. The molecule has 0 amide bonds. The molecule has 0 radical (unpaired) electrons. The number of ether oxygens (including phenoxy) is 1. The van der Waals surface area contributed by atoms with E-state index in [1.807, 2.05) is 0 Å². The van der Waals surface area contributed by atoms with E-state index in [0.29, 0.717) is 0 Å². The molecule has 0 aromatic carbocycles. The molecule has 1 aromatic rings. The summed E-state index contributed by atoms with van der Waals surface area (Å²) in [4.78, 5) is 3.73. The van der Waals surface area contributed by atoms with Gasteiger partial charge in [0.2, 0.25) is 10.0 Å². The van der Waals surface area contributed by atoms with Crippen molar-refractivity contribution in [1.29, 1.82) is 0 Å². The SMILES string of the molecule is CC1(C)CN(S(=O)(=O)c2cnc(Cl)c(Cl)c2)CC(CO)O1. The zero-order valence-corrected chi connectivity index (χ0v) is 13.9. The Bertz CT molecular complexity index is 636. The molecular formula is C12H16Cl2N2O4S. The lowest BCUT2D eigenvalue weighted by molar-refractivity contribution is -0.131. The van der Waals surface area contributed by atoms with Gasteiger partial charge in [-0.1, -0.05) is 23.2 Å². The van der Waals surface area contributed by atoms with Gasteiger partial charge >= 0.3 is 0 Å². The average Bonchev–Trinajstić information content (AvgIpc) is 2.39. The summed E-state index contributed by atoms with van der Waals surface area (Å²) in [6.07, 6.45) is 0.596. The Morgan fingerprint density at radius 1 is 1.52 bits per heavy atom. The van der Waals surface area contributed by atoms with Crippen molar-refractivity contribution in [3.8, 4) is 0 Å². The maximum atomic E-state index is 12.6. The van der Waals surface area contributed by atoms with Gasteiger partial charge in [0.1, 0.15) is 10.0 Å². The average molecular weight is 355 g/mol. The normalized spacial score (nSPS) is 23.2. The largest absolute Gasteiger partial charge is 0.394 e. The predicted octanol–water partition coefficient (Wildman–Crippen LogP) is 1.55. The first-order chi connectivity index (χ1) is 9.65. The van der Waals surface area contributed by atoms with Crippen molar-refractivity contribution in [2.24, 2.45) is 0 Å². The van der Waals surface area contributed by atoms with Gasteiger partial charge < -0.3 is 9.84 Å². The van der Waals surface area contributed by atoms with Crippen LogP contribution in [0, 0.1) is 0 Å². The van der Waals surface area contributed by atoms with E-state index in [4.69, 9.17) is 27.9 Å². The molecule has 1 saturated heterocycles. The number of rotatable bonds is 3. The van der Waals surface area contributed by atoms with Crippen molar-refractivity contribution in [3.05, 3.63) is 22.4 Å². The Morgan fingerprint density at radius 3 is 2.76 bits per heavy atom. The van der Waals surface area contributed by atoms with Gasteiger partial charge in [0.25, 0.3) is 0 Å². The summed E-state index contributed by atoms with van der Waals surface area (Å²) in [6, 6.07) is 1.27. The zero-order chi connectivity index (χ0) is 15.8. The van der Waals surface area contributed by atoms with Crippen molar-refractivity contribution in [2.45, 2.75) is 30.4 Å². The molecule has 0 bridgehead atoms. The lowest BCUT2D eigenvalue weighted by atomic mass is 10.1. The second-order valence-corrected chi connectivity index (χ2v) is 8.13. The van der Waals surface area contributed by atoms with Crippen LogP contribution in [0.15, 0.2) is 17.2 Å². The van der Waals surface area contributed by atoms with Gasteiger partial charge in [-0.15, -0.1) is 0 Å². The van der Waals surface area contributed by atoms with Gasteiger partial charge in [-0.05, 0) is 19.9 Å². The summed E-state index contributed by atoms with van der Waals surface area (Å²) in [6.45, 7) is 3.53. The Morgan fingerprint density at radius 2 is 2.19 bits per heavy atom. The minimum Gasteiger partial charge on any atom is -0.394 e. The number of nitrogens with zero attached hydrogens (tertiary/aromatic N) is 2. The van der Waals surface area contributed by atoms with E-state index in [1.54, 1.807) is 13.8 Å². The third-order valence-electron chi connectivity index (χ3n) is 3.06. The number of aromatic nitrogens is 1. The molecular weight excluding hydrogens is 339 g/mol. The van der Waals surface area contributed by atoms with Crippen LogP contribution in [0.4, 0.5) is 0 Å². The molecule has 1 fully saturated rings. The van der Waals surface area contributed by atoms with Crippen LogP contribution in [-0.4, -0.2) is 54.2 Å². The highest BCUT2D eigenvalue weighted by Crippen LogP contribution is 2.28. The standard InChI is InChI=1S/C12H16Cl2N2O4S/c1-12(2)7-16(5-8(6-17)20-12)21(18,19)9-3-10(13)11(14)15-4-9/h3-4,8,17H,5-7H2,1-2H3. The molecule has 1 unspecified atom stereocenters. The first-order valence-corrected chi connectivity index (χ1v) is 8.45. The molecule has 118 valence electrons. The Labute approximate surface area is 133 Å². The fraction of sp³-hybridized carbons (Fsp3) is 0.583. The topological polar surface area (TPSA) is 79.7 Å². The van der Waals surface area contributed by atoms with Gasteiger partial charge in [0.15, 0.2) is 0 Å². The molecule has 1 N–H and O–H groups in total. The second-order valence-electron chi connectivity index (χ2n) is 5.42. The van der Waals surface area contributed by atoms with Crippen molar-refractivity contribution in [2.75, 3.05) is 19.7 Å². The van der Waals surface area contributed by atoms with E-state index in [1.165, 1.54) is 16.6 Å². The molecule has 1 atom stereocenters. The lowest BCUT2D eigenvalue weighted by Gasteiger charge is -2.41. The van der Waals surface area contributed by atoms with Crippen molar-refractivity contribution < 1.29 is 18.3 Å². The summed E-state index contributed by atoms with van der Waals surface area (Å²) in [5.74, 6) is 0. The lowest BCUT2D eigenvalue weighted by Crippen LogP contribution is -2.55. The van der Waals surface area contributed by atoms with Crippen LogP contribution in [0.1, 0.15) is 13.8 Å². The fourth-order valence-corrected chi connectivity index (χ4v) is 4.14. The predicted molar refractivity (Wildman–Crippen MR) is 79.1 cm³/mol. The first kappa shape index (κ1) is 16.9. The summed E-state index contributed by atoms with van der Waals surface area (Å²) in [5.41, 5.74) is -0.692. The van der Waals surface area contributed by atoms with E-state index in [0.717, 1.165) is 0 Å². The number of aliphatic hydroxyl groups excluding tert-OH is 1. The molecule has 0 spiro atoms. The van der Waals surface area contributed by atoms with E-state index in [9.17, 15) is 13.5 Å². The minimum absolute atomic E-state index is 0.0358. The number of pyridine rings is 1. The maximum Gasteiger partial charge on any atom is 0.244 e. The van der Waals surface area contributed by atoms with Crippen LogP contribution in [0.3, 0.4) is 0 Å². The summed E-state index contributed by atoms with van der Waals surface area (Å²) >= 11 is 11.5. The van der Waals surface area contributed by atoms with E-state index >= 15 is 0 Å². The van der Waals surface area contributed by atoms with E-state index in [2.05, 4.69) is 4.98 Å². The smallest absolute Gasteiger partial charge is 0.244 e. The molecule has 2 rings (SSSR count). The van der Waals surface area contributed by atoms with Gasteiger partial charge in [-0.3, -0.25) is 0 Å². The van der Waals surface area contributed by atoms with Gasteiger partial charge in [-0.2, -0.15) is 4.31 Å². The van der Waals surface area contributed by atoms with E-state index in [-0.39, 0.29) is 34.8 Å². The fourth-order valence-electron chi connectivity index (χ4n) is 2.21. The molecule has 21 heavy (non-hydrogen) atoms. The Kier molecular flexibility index (Phi) is 4.82. The third kappa shape index (κ3) is 3.67. The highest BCUT2D eigenvalue weighted by molar-refractivity contribution is 7.89. The van der Waals surface area contributed by atoms with Crippen molar-refractivity contribution in [1.82, 2.24) is 9.29 Å². The van der Waals surface area contributed by atoms with Crippen LogP contribution in [0.25, 0.3) is 0 Å². The summed E-state index contributed by atoms with van der Waals surface area (Å²) in [7, 11) is -3.78. The Balaban J connectivity index is 2.36. The zero-order valence-electron chi connectivity index (χ0n) is 11.6. The first-order valence-electron chi connectivity index (χ1n) is 6.25. The molecule has 0 aliphatic carbocycles. The Hall–Kier alpha value is -0.440.